The number of benzene rings is 2. The molecule has 2 N–H and O–H groups in total. The molecule has 9 nitrogen and oxygen atoms in total. The number of nitro groups is 1. The van der Waals surface area contributed by atoms with Crippen LogP contribution in [0.15, 0.2) is 48.5 Å². The molecule has 4 rings (SSSR count). The van der Waals surface area contributed by atoms with Gasteiger partial charge in [0.25, 0.3) is 5.69 Å². The van der Waals surface area contributed by atoms with Gasteiger partial charge < -0.3 is 20.1 Å². The quantitative estimate of drug-likeness (QED) is 0.442. The molecule has 0 saturated carbocycles. The molecule has 3 unspecified atom stereocenters. The van der Waals surface area contributed by atoms with E-state index in [0.29, 0.717) is 12.2 Å². The van der Waals surface area contributed by atoms with Crippen molar-refractivity contribution in [2.24, 2.45) is 5.92 Å². The molecule has 2 aromatic rings. The van der Waals surface area contributed by atoms with E-state index >= 15 is 0 Å². The molecule has 0 aromatic heterocycles. The number of carbonyl (C=O) groups is 2. The van der Waals surface area contributed by atoms with Crippen LogP contribution in [0.2, 0.25) is 0 Å². The molecule has 0 aliphatic carbocycles. The first kappa shape index (κ1) is 19.8. The van der Waals surface area contributed by atoms with Gasteiger partial charge in [0.1, 0.15) is 11.7 Å². The van der Waals surface area contributed by atoms with E-state index in [4.69, 9.17) is 4.74 Å². The minimum absolute atomic E-state index is 0.0325. The number of nitrogens with one attached hydrogen (secondary N) is 1. The number of fused-ring (bicyclic) bond motifs is 4. The van der Waals surface area contributed by atoms with Crippen molar-refractivity contribution >= 4 is 23.2 Å². The van der Waals surface area contributed by atoms with E-state index in [2.05, 4.69) is 5.32 Å². The van der Waals surface area contributed by atoms with Crippen molar-refractivity contribution in [1.29, 1.82) is 0 Å². The Kier molecular flexibility index (Phi) is 4.90. The van der Waals surface area contributed by atoms with Crippen LogP contribution in [0, 0.1) is 16.0 Å². The lowest BCUT2D eigenvalue weighted by Gasteiger charge is -2.52. The molecule has 30 heavy (non-hydrogen) atoms. The molecule has 156 valence electrons. The Labute approximate surface area is 172 Å². The number of ether oxygens (including phenoxy) is 1. The first-order valence-electron chi connectivity index (χ1n) is 9.59. The van der Waals surface area contributed by atoms with E-state index in [9.17, 15) is 24.8 Å². The molecule has 1 fully saturated rings. The predicted molar refractivity (Wildman–Crippen MR) is 107 cm³/mol. The minimum Gasteiger partial charge on any atom is -0.468 e. The normalized spacial score (nSPS) is 24.6. The second-order valence-electron chi connectivity index (χ2n) is 7.61. The first-order chi connectivity index (χ1) is 14.3. The molecule has 2 aromatic carbocycles. The number of hydrogen-bond acceptors (Lipinski definition) is 6. The fourth-order valence-electron chi connectivity index (χ4n) is 4.37. The van der Waals surface area contributed by atoms with E-state index < -0.39 is 34.3 Å². The third-order valence-electron chi connectivity index (χ3n) is 5.68. The summed E-state index contributed by atoms with van der Waals surface area (Å²) in [4.78, 5) is 38.4. The molecule has 1 saturated heterocycles. The van der Waals surface area contributed by atoms with Gasteiger partial charge in [-0.15, -0.1) is 0 Å². The molecule has 2 bridgehead atoms. The lowest BCUT2D eigenvalue weighted by molar-refractivity contribution is -0.384. The molecule has 0 spiro atoms. The van der Waals surface area contributed by atoms with Crippen molar-refractivity contribution in [3.8, 4) is 5.75 Å². The molecule has 2 heterocycles. The zero-order valence-electron chi connectivity index (χ0n) is 16.3. The number of aliphatic hydroxyl groups is 1. The van der Waals surface area contributed by atoms with Crippen LogP contribution in [0.25, 0.3) is 0 Å². The Hall–Kier alpha value is -3.46. The van der Waals surface area contributed by atoms with Crippen LogP contribution in [0.3, 0.4) is 0 Å². The number of hydrogen-bond donors (Lipinski definition) is 2. The van der Waals surface area contributed by atoms with Crippen LogP contribution < -0.4 is 10.1 Å². The number of rotatable bonds is 5. The minimum atomic E-state index is -1.05. The first-order valence-corrected chi connectivity index (χ1v) is 9.59. The summed E-state index contributed by atoms with van der Waals surface area (Å²) >= 11 is 0. The van der Waals surface area contributed by atoms with E-state index in [-0.39, 0.29) is 24.5 Å². The van der Waals surface area contributed by atoms with Crippen molar-refractivity contribution in [3.63, 3.8) is 0 Å². The Morgan fingerprint density at radius 3 is 2.83 bits per heavy atom. The highest BCUT2D eigenvalue weighted by molar-refractivity contribution is 6.08. The average molecular weight is 411 g/mol. The summed E-state index contributed by atoms with van der Waals surface area (Å²) < 4.78 is 6.10. The van der Waals surface area contributed by atoms with Crippen molar-refractivity contribution in [2.75, 3.05) is 18.5 Å². The van der Waals surface area contributed by atoms with E-state index in [0.717, 1.165) is 5.56 Å². The van der Waals surface area contributed by atoms with Crippen LogP contribution >= 0.6 is 0 Å². The molecule has 2 aliphatic rings. The van der Waals surface area contributed by atoms with Crippen molar-refractivity contribution < 1.29 is 24.4 Å². The SMILES string of the molecule is CC12CC(c3ccccc3O1)C(C(=O)Nc1cccc([N+](=O)[O-])c1)C(=O)N2CCO. The smallest absolute Gasteiger partial charge is 0.271 e. The van der Waals surface area contributed by atoms with Crippen LogP contribution in [-0.4, -0.2) is 45.6 Å². The molecule has 9 heteroatoms. The number of nitrogens with zero attached hydrogens (tertiary/aromatic N) is 2. The second kappa shape index (κ2) is 7.42. The number of piperidine rings is 1. The summed E-state index contributed by atoms with van der Waals surface area (Å²) in [5, 5.41) is 23.1. The monoisotopic (exact) mass is 411 g/mol. The number of likely N-dealkylation sites (tertiary alicyclic amines) is 1. The number of carbonyl (C=O) groups excluding carboxylic acids is 2. The Bertz CT molecular complexity index is 1030. The molecular weight excluding hydrogens is 390 g/mol. The third kappa shape index (κ3) is 3.26. The van der Waals surface area contributed by atoms with Gasteiger partial charge in [0.15, 0.2) is 5.72 Å². The van der Waals surface area contributed by atoms with E-state index in [1.807, 2.05) is 18.2 Å². The van der Waals surface area contributed by atoms with Crippen molar-refractivity contribution in [3.05, 3.63) is 64.2 Å². The number of anilines is 1. The highest BCUT2D eigenvalue weighted by Crippen LogP contribution is 2.50. The largest absolute Gasteiger partial charge is 0.468 e. The predicted octanol–water partition coefficient (Wildman–Crippen LogP) is 2.27. The number of para-hydroxylation sites is 1. The zero-order valence-corrected chi connectivity index (χ0v) is 16.3. The van der Waals surface area contributed by atoms with Gasteiger partial charge in [-0.05, 0) is 24.6 Å². The van der Waals surface area contributed by atoms with Gasteiger partial charge in [0, 0.05) is 36.7 Å². The standard InChI is InChI=1S/C21H21N3O6/c1-21-12-16(15-7-2-3-8-17(15)30-21)18(20(27)23(21)9-10-25)19(26)22-13-5-4-6-14(11-13)24(28)29/h2-8,11,16,18,25H,9-10,12H2,1H3,(H,22,26). The van der Waals surface area contributed by atoms with Crippen LogP contribution in [0.5, 0.6) is 5.75 Å². The number of amides is 2. The van der Waals surface area contributed by atoms with Gasteiger partial charge in [0.2, 0.25) is 11.8 Å². The number of β-amino-alcohol motifs (C(OH)–C–C–N with tert-alkyl or cyclic N) is 1. The van der Waals surface area contributed by atoms with E-state index in [1.165, 1.54) is 29.2 Å². The fraction of sp³-hybridized carbons (Fsp3) is 0.333. The zero-order chi connectivity index (χ0) is 21.5. The highest BCUT2D eigenvalue weighted by atomic mass is 16.6. The summed E-state index contributed by atoms with van der Waals surface area (Å²) in [5.41, 5.74) is -0.120. The maximum Gasteiger partial charge on any atom is 0.271 e. The van der Waals surface area contributed by atoms with Gasteiger partial charge >= 0.3 is 0 Å². The van der Waals surface area contributed by atoms with Gasteiger partial charge in [0.05, 0.1) is 11.5 Å². The maximum atomic E-state index is 13.3. The van der Waals surface area contributed by atoms with Gasteiger partial charge in [-0.3, -0.25) is 19.7 Å². The topological polar surface area (TPSA) is 122 Å². The summed E-state index contributed by atoms with van der Waals surface area (Å²) in [7, 11) is 0. The van der Waals surface area contributed by atoms with Gasteiger partial charge in [-0.1, -0.05) is 24.3 Å². The van der Waals surface area contributed by atoms with Crippen LogP contribution in [0.4, 0.5) is 11.4 Å². The summed E-state index contributed by atoms with van der Waals surface area (Å²) in [6, 6.07) is 12.8. The van der Waals surface area contributed by atoms with Crippen molar-refractivity contribution in [1.82, 2.24) is 4.90 Å². The third-order valence-corrected chi connectivity index (χ3v) is 5.68. The van der Waals surface area contributed by atoms with Crippen LogP contribution in [-0.2, 0) is 9.59 Å². The van der Waals surface area contributed by atoms with Crippen LogP contribution in [0.1, 0.15) is 24.8 Å². The van der Waals surface area contributed by atoms with Crippen molar-refractivity contribution in [2.45, 2.75) is 25.0 Å². The number of non-ortho nitro benzene ring substituents is 1. The fourth-order valence-corrected chi connectivity index (χ4v) is 4.37. The summed E-state index contributed by atoms with van der Waals surface area (Å²) in [6.45, 7) is 1.54. The Balaban J connectivity index is 1.71. The lowest BCUT2D eigenvalue weighted by atomic mass is 9.73. The van der Waals surface area contributed by atoms with E-state index in [1.54, 1.807) is 13.0 Å². The molecule has 0 radical (unpaired) electrons. The molecular formula is C21H21N3O6. The highest BCUT2D eigenvalue weighted by Gasteiger charge is 2.55. The maximum absolute atomic E-state index is 13.3. The Morgan fingerprint density at radius 2 is 2.10 bits per heavy atom. The lowest BCUT2D eigenvalue weighted by Crippen LogP contribution is -2.64. The van der Waals surface area contributed by atoms with Gasteiger partial charge in [-0.2, -0.15) is 0 Å². The van der Waals surface area contributed by atoms with Gasteiger partial charge in [-0.25, -0.2) is 0 Å². The Morgan fingerprint density at radius 1 is 1.33 bits per heavy atom. The average Bonchev–Trinajstić information content (AvgIpc) is 2.71. The molecule has 2 aliphatic heterocycles. The summed E-state index contributed by atoms with van der Waals surface area (Å²) in [5.74, 6) is -1.86. The number of nitro benzene ring substituents is 1. The number of aliphatic hydroxyl groups excluding tert-OH is 1. The summed E-state index contributed by atoms with van der Waals surface area (Å²) in [6.07, 6.45) is 0.392. The molecule has 2 amide bonds. The molecule has 3 atom stereocenters. The second-order valence-corrected chi connectivity index (χ2v) is 7.61.